The first-order valence-corrected chi connectivity index (χ1v) is 7.14. The molecule has 1 aromatic carbocycles. The van der Waals surface area contributed by atoms with Gasteiger partial charge < -0.3 is 5.32 Å². The fourth-order valence-corrected chi connectivity index (χ4v) is 2.75. The van der Waals surface area contributed by atoms with Crippen molar-refractivity contribution in [2.75, 3.05) is 26.2 Å². The molecule has 2 nitrogen and oxygen atoms in total. The van der Waals surface area contributed by atoms with E-state index in [1.807, 2.05) is 6.07 Å². The highest BCUT2D eigenvalue weighted by molar-refractivity contribution is 5.28. The molecule has 1 saturated heterocycles. The van der Waals surface area contributed by atoms with Crippen molar-refractivity contribution in [1.29, 1.82) is 0 Å². The van der Waals surface area contributed by atoms with Gasteiger partial charge in [-0.3, -0.25) is 4.90 Å². The third-order valence-corrected chi connectivity index (χ3v) is 3.75. The van der Waals surface area contributed by atoms with Crippen LogP contribution < -0.4 is 5.32 Å². The third kappa shape index (κ3) is 3.73. The van der Waals surface area contributed by atoms with E-state index in [0.29, 0.717) is 0 Å². The molecule has 0 saturated carbocycles. The van der Waals surface area contributed by atoms with Crippen molar-refractivity contribution >= 4 is 0 Å². The Kier molecular flexibility index (Phi) is 5.05. The van der Waals surface area contributed by atoms with Crippen LogP contribution in [-0.2, 0) is 6.18 Å². The van der Waals surface area contributed by atoms with E-state index in [2.05, 4.69) is 17.1 Å². The Morgan fingerprint density at radius 3 is 2.55 bits per heavy atom. The van der Waals surface area contributed by atoms with Crippen LogP contribution in [0.4, 0.5) is 13.2 Å². The predicted octanol–water partition coefficient (Wildman–Crippen LogP) is 3.45. The number of halogens is 3. The molecule has 112 valence electrons. The molecule has 5 heteroatoms. The maximum atomic E-state index is 12.8. The monoisotopic (exact) mass is 286 g/mol. The Morgan fingerprint density at radius 1 is 1.25 bits per heavy atom. The van der Waals surface area contributed by atoms with Gasteiger partial charge in [0.05, 0.1) is 5.56 Å². The molecule has 1 aromatic rings. The molecule has 0 bridgehead atoms. The van der Waals surface area contributed by atoms with Gasteiger partial charge in [0, 0.05) is 32.2 Å². The van der Waals surface area contributed by atoms with E-state index < -0.39 is 11.7 Å². The second-order valence-corrected chi connectivity index (χ2v) is 5.21. The average Bonchev–Trinajstić information content (AvgIpc) is 2.45. The number of piperazine rings is 1. The summed E-state index contributed by atoms with van der Waals surface area (Å²) < 4.78 is 38.5. The van der Waals surface area contributed by atoms with Crippen LogP contribution in [0.5, 0.6) is 0 Å². The van der Waals surface area contributed by atoms with Gasteiger partial charge >= 0.3 is 6.18 Å². The summed E-state index contributed by atoms with van der Waals surface area (Å²) in [5.74, 6) is 0. The first kappa shape index (κ1) is 15.3. The maximum Gasteiger partial charge on any atom is 0.416 e. The van der Waals surface area contributed by atoms with Gasteiger partial charge in [-0.15, -0.1) is 0 Å². The molecule has 1 atom stereocenters. The van der Waals surface area contributed by atoms with E-state index in [0.717, 1.165) is 50.7 Å². The SMILES string of the molecule is CCC[C@H](c1cccc(C(F)(F)F)c1)N1CCNCC1. The molecule has 1 aliphatic heterocycles. The number of rotatable bonds is 4. The third-order valence-electron chi connectivity index (χ3n) is 3.75. The lowest BCUT2D eigenvalue weighted by molar-refractivity contribution is -0.137. The topological polar surface area (TPSA) is 15.3 Å². The number of nitrogens with zero attached hydrogens (tertiary/aromatic N) is 1. The van der Waals surface area contributed by atoms with E-state index in [1.165, 1.54) is 12.1 Å². The van der Waals surface area contributed by atoms with Crippen LogP contribution >= 0.6 is 0 Å². The van der Waals surface area contributed by atoms with Gasteiger partial charge in [-0.05, 0) is 24.1 Å². The molecule has 0 radical (unpaired) electrons. The van der Waals surface area contributed by atoms with Crippen molar-refractivity contribution in [2.24, 2.45) is 0 Å². The number of alkyl halides is 3. The van der Waals surface area contributed by atoms with E-state index in [9.17, 15) is 13.2 Å². The summed E-state index contributed by atoms with van der Waals surface area (Å²) in [6.07, 6.45) is -2.41. The summed E-state index contributed by atoms with van der Waals surface area (Å²) in [4.78, 5) is 2.29. The van der Waals surface area contributed by atoms with Crippen LogP contribution in [0.2, 0.25) is 0 Å². The van der Waals surface area contributed by atoms with Gasteiger partial charge in [0.2, 0.25) is 0 Å². The van der Waals surface area contributed by atoms with Gasteiger partial charge in [-0.1, -0.05) is 25.5 Å². The summed E-state index contributed by atoms with van der Waals surface area (Å²) in [5.41, 5.74) is 0.231. The Balaban J connectivity index is 2.24. The van der Waals surface area contributed by atoms with Crippen LogP contribution in [0.3, 0.4) is 0 Å². The second-order valence-electron chi connectivity index (χ2n) is 5.21. The van der Waals surface area contributed by atoms with E-state index in [1.54, 1.807) is 0 Å². The summed E-state index contributed by atoms with van der Waals surface area (Å²) in [6, 6.07) is 5.87. The quantitative estimate of drug-likeness (QED) is 0.912. The zero-order valence-electron chi connectivity index (χ0n) is 11.7. The van der Waals surface area contributed by atoms with Crippen molar-refractivity contribution in [3.05, 3.63) is 35.4 Å². The highest BCUT2D eigenvalue weighted by Gasteiger charge is 2.31. The molecule has 0 amide bonds. The molecule has 1 aliphatic rings. The van der Waals surface area contributed by atoms with Crippen molar-refractivity contribution in [1.82, 2.24) is 10.2 Å². The van der Waals surface area contributed by atoms with E-state index in [4.69, 9.17) is 0 Å². The lowest BCUT2D eigenvalue weighted by Gasteiger charge is -2.35. The lowest BCUT2D eigenvalue weighted by atomic mass is 9.98. The van der Waals surface area contributed by atoms with Crippen LogP contribution in [0.25, 0.3) is 0 Å². The minimum atomic E-state index is -4.27. The molecule has 0 spiro atoms. The zero-order valence-corrected chi connectivity index (χ0v) is 11.7. The van der Waals surface area contributed by atoms with Gasteiger partial charge in [-0.2, -0.15) is 13.2 Å². The van der Waals surface area contributed by atoms with Gasteiger partial charge in [-0.25, -0.2) is 0 Å². The van der Waals surface area contributed by atoms with Crippen LogP contribution in [-0.4, -0.2) is 31.1 Å². The zero-order chi connectivity index (χ0) is 14.6. The number of nitrogens with one attached hydrogen (secondary N) is 1. The average molecular weight is 286 g/mol. The van der Waals surface area contributed by atoms with Gasteiger partial charge in [0.15, 0.2) is 0 Å². The first-order valence-electron chi connectivity index (χ1n) is 7.14. The van der Waals surface area contributed by atoms with Crippen LogP contribution in [0.1, 0.15) is 36.9 Å². The van der Waals surface area contributed by atoms with E-state index in [-0.39, 0.29) is 6.04 Å². The normalized spacial score (nSPS) is 19.0. The Hall–Kier alpha value is -1.07. The molecular weight excluding hydrogens is 265 g/mol. The Bertz CT molecular complexity index is 425. The summed E-state index contributed by atoms with van der Waals surface area (Å²) >= 11 is 0. The Labute approximate surface area is 118 Å². The standard InChI is InChI=1S/C15H21F3N2/c1-2-4-14(20-9-7-19-8-10-20)12-5-3-6-13(11-12)15(16,17)18/h3,5-6,11,14,19H,2,4,7-10H2,1H3/t14-/m1/s1. The second kappa shape index (κ2) is 6.59. The smallest absolute Gasteiger partial charge is 0.314 e. The summed E-state index contributed by atoms with van der Waals surface area (Å²) in [5, 5.41) is 3.28. The maximum absolute atomic E-state index is 12.8. The Morgan fingerprint density at radius 2 is 1.95 bits per heavy atom. The molecule has 0 aliphatic carbocycles. The van der Waals surface area contributed by atoms with Crippen molar-refractivity contribution < 1.29 is 13.2 Å². The van der Waals surface area contributed by atoms with Crippen molar-refractivity contribution in [2.45, 2.75) is 32.0 Å². The molecule has 0 unspecified atom stereocenters. The minimum absolute atomic E-state index is 0.0874. The summed E-state index contributed by atoms with van der Waals surface area (Å²) in [7, 11) is 0. The van der Waals surface area contributed by atoms with Crippen LogP contribution in [0.15, 0.2) is 24.3 Å². The van der Waals surface area contributed by atoms with E-state index >= 15 is 0 Å². The highest BCUT2D eigenvalue weighted by Crippen LogP contribution is 2.33. The molecular formula is C15H21F3N2. The van der Waals surface area contributed by atoms with Gasteiger partial charge in [0.25, 0.3) is 0 Å². The summed E-state index contributed by atoms with van der Waals surface area (Å²) in [6.45, 7) is 5.66. The molecule has 2 rings (SSSR count). The first-order chi connectivity index (χ1) is 9.52. The lowest BCUT2D eigenvalue weighted by Crippen LogP contribution is -2.45. The van der Waals surface area contributed by atoms with Crippen molar-refractivity contribution in [3.8, 4) is 0 Å². The molecule has 1 fully saturated rings. The van der Waals surface area contributed by atoms with Crippen molar-refractivity contribution in [3.63, 3.8) is 0 Å². The fraction of sp³-hybridized carbons (Fsp3) is 0.600. The number of benzene rings is 1. The molecule has 20 heavy (non-hydrogen) atoms. The van der Waals surface area contributed by atoms with Gasteiger partial charge in [0.1, 0.15) is 0 Å². The molecule has 0 aromatic heterocycles. The highest BCUT2D eigenvalue weighted by atomic mass is 19.4. The largest absolute Gasteiger partial charge is 0.416 e. The fourth-order valence-electron chi connectivity index (χ4n) is 2.75. The predicted molar refractivity (Wildman–Crippen MR) is 73.5 cm³/mol. The molecule has 1 N–H and O–H groups in total. The molecule has 1 heterocycles. The number of hydrogen-bond donors (Lipinski definition) is 1. The van der Waals surface area contributed by atoms with Crippen LogP contribution in [0, 0.1) is 0 Å². The minimum Gasteiger partial charge on any atom is -0.314 e. The number of hydrogen-bond acceptors (Lipinski definition) is 2.